The summed E-state index contributed by atoms with van der Waals surface area (Å²) < 4.78 is 4.43. The quantitative estimate of drug-likeness (QED) is 0.311. The van der Waals surface area contributed by atoms with Crippen LogP contribution in [-0.2, 0) is 9.53 Å². The summed E-state index contributed by atoms with van der Waals surface area (Å²) in [5, 5.41) is 11.6. The van der Waals surface area contributed by atoms with Crippen LogP contribution in [0, 0.1) is 0 Å². The highest BCUT2D eigenvalue weighted by molar-refractivity contribution is 5.81. The molecule has 0 radical (unpaired) electrons. The number of carboxylic acid groups (broad SMARTS) is 1. The molecule has 0 aliphatic carbocycles. The van der Waals surface area contributed by atoms with Gasteiger partial charge in [0.05, 0.1) is 6.54 Å². The molecule has 0 aliphatic rings. The Morgan fingerprint density at radius 2 is 2.27 bits per heavy atom. The molecule has 0 aromatic heterocycles. The van der Waals surface area contributed by atoms with Crippen LogP contribution in [0.15, 0.2) is 12.7 Å². The first kappa shape index (κ1) is 9.48. The molecule has 1 amide bonds. The molecular weight excluding hydrogens is 150 g/mol. The van der Waals surface area contributed by atoms with Crippen molar-refractivity contribution in [1.29, 1.82) is 0 Å². The lowest BCUT2D eigenvalue weighted by Crippen LogP contribution is -2.38. The number of hydrogen-bond donors (Lipinski definition) is 1. The average Bonchev–Trinajstić information content (AvgIpc) is 1.97. The second-order valence-electron chi connectivity index (χ2n) is 1.59. The van der Waals surface area contributed by atoms with Gasteiger partial charge >= 0.3 is 5.97 Å². The van der Waals surface area contributed by atoms with E-state index in [9.17, 15) is 14.7 Å². The molecule has 0 heterocycles. The van der Waals surface area contributed by atoms with Crippen molar-refractivity contribution < 1.29 is 19.4 Å². The van der Waals surface area contributed by atoms with Crippen molar-refractivity contribution in [3.63, 3.8) is 0 Å². The number of ether oxygens (including phenoxy) is 1. The van der Waals surface area contributed by atoms with Crippen LogP contribution in [0.5, 0.6) is 0 Å². The molecule has 0 unspecified atom stereocenters. The number of carbonyl (C=O) groups is 2. The van der Waals surface area contributed by atoms with E-state index < -0.39 is 12.1 Å². The van der Waals surface area contributed by atoms with E-state index in [2.05, 4.69) is 11.3 Å². The van der Waals surface area contributed by atoms with Crippen molar-refractivity contribution in [1.82, 2.24) is 5.32 Å². The molecule has 11 heavy (non-hydrogen) atoms. The molecule has 5 heteroatoms. The molecule has 0 saturated carbocycles. The Balaban J connectivity index is 3.21. The Morgan fingerprint density at radius 1 is 1.64 bits per heavy atom. The van der Waals surface area contributed by atoms with Crippen LogP contribution in [0.1, 0.15) is 0 Å². The first-order valence-electron chi connectivity index (χ1n) is 2.91. The van der Waals surface area contributed by atoms with Crippen LogP contribution >= 0.6 is 0 Å². The molecule has 5 nitrogen and oxygen atoms in total. The Bertz CT molecular complexity index is 166. The van der Waals surface area contributed by atoms with E-state index in [-0.39, 0.29) is 13.2 Å². The van der Waals surface area contributed by atoms with Gasteiger partial charge in [0, 0.05) is 6.08 Å². The van der Waals surface area contributed by atoms with Crippen LogP contribution in [0.25, 0.3) is 0 Å². The van der Waals surface area contributed by atoms with Crippen molar-refractivity contribution in [2.75, 3.05) is 13.2 Å². The Kier molecular flexibility index (Phi) is 4.55. The minimum Gasteiger partial charge on any atom is -0.530 e. The fraction of sp³-hybridized carbons (Fsp3) is 0.333. The van der Waals surface area contributed by atoms with Crippen LogP contribution < -0.4 is 10.4 Å². The Labute approximate surface area is 63.7 Å². The van der Waals surface area contributed by atoms with Gasteiger partial charge in [-0.2, -0.15) is 0 Å². The summed E-state index contributed by atoms with van der Waals surface area (Å²) in [5.41, 5.74) is 0. The lowest BCUT2D eigenvalue weighted by Gasteiger charge is -2.05. The summed E-state index contributed by atoms with van der Waals surface area (Å²) in [6.07, 6.45) is -0.390. The highest BCUT2D eigenvalue weighted by Crippen LogP contribution is 1.76. The maximum absolute atomic E-state index is 10.3. The fourth-order valence-corrected chi connectivity index (χ4v) is 0.364. The van der Waals surface area contributed by atoms with Gasteiger partial charge in [-0.05, 0) is 0 Å². The topological polar surface area (TPSA) is 78.5 Å². The van der Waals surface area contributed by atoms with E-state index in [0.29, 0.717) is 0 Å². The second kappa shape index (κ2) is 5.28. The fourth-order valence-electron chi connectivity index (χ4n) is 0.364. The van der Waals surface area contributed by atoms with Gasteiger partial charge in [-0.15, -0.1) is 0 Å². The van der Waals surface area contributed by atoms with Gasteiger partial charge in [-0.1, -0.05) is 6.58 Å². The summed E-state index contributed by atoms with van der Waals surface area (Å²) >= 11 is 0. The van der Waals surface area contributed by atoms with Crippen molar-refractivity contribution >= 4 is 12.1 Å². The zero-order valence-electron chi connectivity index (χ0n) is 5.83. The van der Waals surface area contributed by atoms with Gasteiger partial charge in [-0.3, -0.25) is 0 Å². The molecule has 0 aromatic carbocycles. The summed E-state index contributed by atoms with van der Waals surface area (Å²) in [6.45, 7) is 3.17. The van der Waals surface area contributed by atoms with E-state index in [1.807, 2.05) is 5.32 Å². The minimum absolute atomic E-state index is 0.0150. The summed E-state index contributed by atoms with van der Waals surface area (Å²) in [4.78, 5) is 20.1. The van der Waals surface area contributed by atoms with Gasteiger partial charge in [0.15, 0.2) is 0 Å². The third kappa shape index (κ3) is 6.36. The predicted octanol–water partition coefficient (Wildman–Crippen LogP) is -1.35. The molecular formula is C6H8NO4-. The van der Waals surface area contributed by atoms with Crippen LogP contribution in [0.3, 0.4) is 0 Å². The van der Waals surface area contributed by atoms with E-state index in [0.717, 1.165) is 6.08 Å². The number of nitrogens with one attached hydrogen (secondary N) is 1. The summed E-state index contributed by atoms with van der Waals surface area (Å²) in [5.74, 6) is -0.579. The molecule has 0 aromatic rings. The second-order valence-corrected chi connectivity index (χ2v) is 1.59. The van der Waals surface area contributed by atoms with E-state index in [4.69, 9.17) is 0 Å². The molecule has 0 saturated heterocycles. The maximum atomic E-state index is 10.3. The molecule has 0 rings (SSSR count). The molecule has 62 valence electrons. The molecule has 0 fully saturated rings. The van der Waals surface area contributed by atoms with E-state index in [1.54, 1.807) is 0 Å². The van der Waals surface area contributed by atoms with E-state index in [1.165, 1.54) is 0 Å². The molecule has 0 bridgehead atoms. The van der Waals surface area contributed by atoms with Gasteiger partial charge in [0.1, 0.15) is 12.7 Å². The predicted molar refractivity (Wildman–Crippen MR) is 34.6 cm³/mol. The minimum atomic E-state index is -1.39. The monoisotopic (exact) mass is 158 g/mol. The highest BCUT2D eigenvalue weighted by Gasteiger charge is 1.92. The van der Waals surface area contributed by atoms with Crippen molar-refractivity contribution in [3.8, 4) is 0 Å². The zero-order valence-corrected chi connectivity index (χ0v) is 5.83. The molecule has 0 spiro atoms. The average molecular weight is 158 g/mol. The van der Waals surface area contributed by atoms with Crippen molar-refractivity contribution in [3.05, 3.63) is 12.7 Å². The zero-order chi connectivity index (χ0) is 8.69. The maximum Gasteiger partial charge on any atom is 0.330 e. The Morgan fingerprint density at radius 3 is 2.73 bits per heavy atom. The standard InChI is InChI=1S/C6H9NO4/c1-2-5(8)11-4-3-7-6(9)10/h2,7H,1,3-4H2,(H,9,10)/p-1. The first-order chi connectivity index (χ1) is 5.16. The van der Waals surface area contributed by atoms with Gasteiger partial charge in [-0.25, -0.2) is 4.79 Å². The number of esters is 1. The van der Waals surface area contributed by atoms with Crippen molar-refractivity contribution in [2.45, 2.75) is 0 Å². The van der Waals surface area contributed by atoms with Crippen molar-refractivity contribution in [2.24, 2.45) is 0 Å². The smallest absolute Gasteiger partial charge is 0.330 e. The third-order valence-corrected chi connectivity index (χ3v) is 0.782. The Hall–Kier alpha value is -1.52. The van der Waals surface area contributed by atoms with Gasteiger partial charge in [0.2, 0.25) is 0 Å². The third-order valence-electron chi connectivity index (χ3n) is 0.782. The summed E-state index contributed by atoms with van der Waals surface area (Å²) in [6, 6.07) is 0. The first-order valence-corrected chi connectivity index (χ1v) is 2.91. The lowest BCUT2D eigenvalue weighted by atomic mass is 10.6. The molecule has 1 N–H and O–H groups in total. The number of carbonyl (C=O) groups excluding carboxylic acids is 2. The normalized spacial score (nSPS) is 8.36. The van der Waals surface area contributed by atoms with Gasteiger partial charge < -0.3 is 20.0 Å². The lowest BCUT2D eigenvalue weighted by molar-refractivity contribution is -0.250. The van der Waals surface area contributed by atoms with Gasteiger partial charge in [0.25, 0.3) is 0 Å². The van der Waals surface area contributed by atoms with Crippen LogP contribution in [-0.4, -0.2) is 25.2 Å². The largest absolute Gasteiger partial charge is 0.530 e. The van der Waals surface area contributed by atoms with E-state index >= 15 is 0 Å². The highest BCUT2D eigenvalue weighted by atomic mass is 16.5. The van der Waals surface area contributed by atoms with Crippen LogP contribution in [0.2, 0.25) is 0 Å². The van der Waals surface area contributed by atoms with Crippen LogP contribution in [0.4, 0.5) is 4.79 Å². The number of rotatable bonds is 4. The molecule has 0 atom stereocenters. The number of amides is 1. The number of hydrogen-bond acceptors (Lipinski definition) is 4. The SMILES string of the molecule is C=CC(=O)OCCNC(=O)[O-]. The molecule has 0 aliphatic heterocycles. The summed E-state index contributed by atoms with van der Waals surface area (Å²) in [7, 11) is 0.